The molecule has 0 saturated carbocycles. The number of halogens is 1. The molecule has 0 atom stereocenters. The van der Waals surface area contributed by atoms with Gasteiger partial charge in [-0.2, -0.15) is 0 Å². The van der Waals surface area contributed by atoms with E-state index in [1.54, 1.807) is 24.3 Å². The van der Waals surface area contributed by atoms with Gasteiger partial charge in [-0.3, -0.25) is 4.79 Å². The number of anilines is 1. The Morgan fingerprint density at radius 1 is 0.886 bits per heavy atom. The van der Waals surface area contributed by atoms with Crippen molar-refractivity contribution in [3.63, 3.8) is 0 Å². The standard InChI is InChI=1S/C24H28ClN5O4S/c25-20-8-9-21-22(16-20)35(33,34)30(24(32)26-21)17-18-4-6-19(7-5-18)23(31)27-12-14-29(15-13-27)28-10-2-1-3-11-28/h4-9,16H,1-3,10-15,17H2,(H,26,32). The molecule has 2 aromatic carbocycles. The first kappa shape index (κ1) is 24.1. The number of carbonyl (C=O) groups is 2. The Labute approximate surface area is 210 Å². The summed E-state index contributed by atoms with van der Waals surface area (Å²) < 4.78 is 26.8. The number of piperidine rings is 1. The molecule has 9 nitrogen and oxygen atoms in total. The highest BCUT2D eigenvalue weighted by molar-refractivity contribution is 7.90. The zero-order valence-electron chi connectivity index (χ0n) is 19.3. The summed E-state index contributed by atoms with van der Waals surface area (Å²) in [5, 5.41) is 7.64. The van der Waals surface area contributed by atoms with Gasteiger partial charge < -0.3 is 10.2 Å². The van der Waals surface area contributed by atoms with Crippen LogP contribution in [0.3, 0.4) is 0 Å². The van der Waals surface area contributed by atoms with Crippen LogP contribution in [0.25, 0.3) is 0 Å². The molecule has 3 heterocycles. The van der Waals surface area contributed by atoms with Gasteiger partial charge in [0.2, 0.25) is 0 Å². The number of benzene rings is 2. The molecule has 0 spiro atoms. The fourth-order valence-corrected chi connectivity index (χ4v) is 6.55. The first-order chi connectivity index (χ1) is 16.8. The van der Waals surface area contributed by atoms with Crippen molar-refractivity contribution >= 4 is 39.2 Å². The lowest BCUT2D eigenvalue weighted by Crippen LogP contribution is -2.56. The summed E-state index contributed by atoms with van der Waals surface area (Å²) in [5.41, 5.74) is 1.35. The van der Waals surface area contributed by atoms with Gasteiger partial charge in [-0.15, -0.1) is 0 Å². The first-order valence-electron chi connectivity index (χ1n) is 11.8. The molecule has 0 unspecified atom stereocenters. The lowest BCUT2D eigenvalue weighted by molar-refractivity contribution is -0.0635. The van der Waals surface area contributed by atoms with E-state index in [0.29, 0.717) is 24.2 Å². The van der Waals surface area contributed by atoms with Gasteiger partial charge in [0, 0.05) is 49.9 Å². The Bertz CT molecular complexity index is 1220. The number of nitrogens with one attached hydrogen (secondary N) is 1. The number of amides is 3. The Kier molecular flexibility index (Phi) is 6.71. The molecular weight excluding hydrogens is 490 g/mol. The van der Waals surface area contributed by atoms with E-state index in [1.807, 2.05) is 4.90 Å². The third-order valence-corrected chi connectivity index (χ3v) is 8.79. The van der Waals surface area contributed by atoms with Crippen molar-refractivity contribution in [3.05, 3.63) is 58.6 Å². The first-order valence-corrected chi connectivity index (χ1v) is 13.7. The number of hydrogen-bond donors (Lipinski definition) is 1. The second kappa shape index (κ2) is 9.77. The molecule has 3 aliphatic rings. The number of fused-ring (bicyclic) bond motifs is 1. The largest absolute Gasteiger partial charge is 0.336 e. The Hall–Kier alpha value is -2.66. The van der Waals surface area contributed by atoms with Gasteiger partial charge in [-0.05, 0) is 48.7 Å². The summed E-state index contributed by atoms with van der Waals surface area (Å²) in [6.07, 6.45) is 3.75. The number of carbonyl (C=O) groups excluding carboxylic acids is 2. The van der Waals surface area contributed by atoms with Crippen molar-refractivity contribution in [2.75, 3.05) is 44.6 Å². The average Bonchev–Trinajstić information content (AvgIpc) is 2.88. The lowest BCUT2D eigenvalue weighted by Gasteiger charge is -2.42. The molecule has 3 amide bonds. The number of hydrazine groups is 1. The summed E-state index contributed by atoms with van der Waals surface area (Å²) >= 11 is 5.97. The number of piperazine rings is 1. The molecule has 35 heavy (non-hydrogen) atoms. The summed E-state index contributed by atoms with van der Waals surface area (Å²) in [4.78, 5) is 27.4. The minimum Gasteiger partial charge on any atom is -0.336 e. The van der Waals surface area contributed by atoms with Crippen LogP contribution in [-0.2, 0) is 16.6 Å². The van der Waals surface area contributed by atoms with Crippen LogP contribution in [0.4, 0.5) is 10.5 Å². The van der Waals surface area contributed by atoms with Crippen LogP contribution < -0.4 is 5.32 Å². The van der Waals surface area contributed by atoms with Crippen molar-refractivity contribution in [3.8, 4) is 0 Å². The van der Waals surface area contributed by atoms with E-state index in [1.165, 1.54) is 37.5 Å². The molecule has 0 aromatic heterocycles. The van der Waals surface area contributed by atoms with E-state index in [9.17, 15) is 18.0 Å². The van der Waals surface area contributed by atoms with Crippen molar-refractivity contribution in [2.24, 2.45) is 0 Å². The molecule has 5 rings (SSSR count). The van der Waals surface area contributed by atoms with E-state index in [4.69, 9.17) is 11.6 Å². The number of sulfonamides is 1. The van der Waals surface area contributed by atoms with Crippen molar-refractivity contribution in [1.82, 2.24) is 19.2 Å². The van der Waals surface area contributed by atoms with Gasteiger partial charge in [0.05, 0.1) is 12.2 Å². The highest BCUT2D eigenvalue weighted by Gasteiger charge is 2.37. The summed E-state index contributed by atoms with van der Waals surface area (Å²) in [6, 6.07) is 10.3. The van der Waals surface area contributed by atoms with E-state index < -0.39 is 16.1 Å². The second-order valence-electron chi connectivity index (χ2n) is 9.04. The highest BCUT2D eigenvalue weighted by Crippen LogP contribution is 2.33. The summed E-state index contributed by atoms with van der Waals surface area (Å²) in [6.45, 7) is 5.05. The van der Waals surface area contributed by atoms with Gasteiger partial charge >= 0.3 is 6.03 Å². The predicted octanol–water partition coefficient (Wildman–Crippen LogP) is 3.24. The third kappa shape index (κ3) is 4.88. The third-order valence-electron chi connectivity index (χ3n) is 6.78. The molecule has 2 aromatic rings. The number of hydrogen-bond acceptors (Lipinski definition) is 6. The topological polar surface area (TPSA) is 93.3 Å². The molecule has 2 saturated heterocycles. The summed E-state index contributed by atoms with van der Waals surface area (Å²) in [5.74, 6) is -0.0400. The maximum Gasteiger partial charge on any atom is 0.336 e. The molecular formula is C24H28ClN5O4S. The van der Waals surface area contributed by atoms with E-state index in [0.717, 1.165) is 30.5 Å². The highest BCUT2D eigenvalue weighted by atomic mass is 35.5. The summed E-state index contributed by atoms with van der Waals surface area (Å²) in [7, 11) is -4.06. The molecule has 186 valence electrons. The minimum absolute atomic E-state index is 0.0400. The quantitative estimate of drug-likeness (QED) is 0.669. The Balaban J connectivity index is 1.23. The minimum atomic E-state index is -4.06. The zero-order valence-corrected chi connectivity index (χ0v) is 20.9. The van der Waals surface area contributed by atoms with Gasteiger partial charge in [-0.1, -0.05) is 30.2 Å². The van der Waals surface area contributed by atoms with Crippen molar-refractivity contribution in [1.29, 1.82) is 0 Å². The molecule has 1 N–H and O–H groups in total. The van der Waals surface area contributed by atoms with Gasteiger partial charge in [-0.25, -0.2) is 27.5 Å². The monoisotopic (exact) mass is 517 g/mol. The fourth-order valence-electron chi connectivity index (χ4n) is 4.82. The number of urea groups is 1. The number of nitrogens with zero attached hydrogens (tertiary/aromatic N) is 4. The SMILES string of the molecule is O=C(c1ccc(CN2C(=O)Nc3ccc(Cl)cc3S2(=O)=O)cc1)N1CCN(N2CCCCC2)CC1. The van der Waals surface area contributed by atoms with Crippen LogP contribution in [0.2, 0.25) is 5.02 Å². The van der Waals surface area contributed by atoms with Crippen LogP contribution in [-0.4, -0.2) is 78.8 Å². The number of rotatable bonds is 4. The molecule has 0 bridgehead atoms. The lowest BCUT2D eigenvalue weighted by atomic mass is 10.1. The molecule has 0 radical (unpaired) electrons. The van der Waals surface area contributed by atoms with Crippen LogP contribution in [0.15, 0.2) is 47.4 Å². The van der Waals surface area contributed by atoms with Gasteiger partial charge in [0.25, 0.3) is 15.9 Å². The normalized spacial score (nSPS) is 20.9. The van der Waals surface area contributed by atoms with Crippen LogP contribution >= 0.6 is 11.6 Å². The smallest absolute Gasteiger partial charge is 0.336 e. The van der Waals surface area contributed by atoms with E-state index in [2.05, 4.69) is 15.3 Å². The van der Waals surface area contributed by atoms with Crippen molar-refractivity contribution < 1.29 is 18.0 Å². The Morgan fingerprint density at radius 3 is 2.23 bits per heavy atom. The second-order valence-corrected chi connectivity index (χ2v) is 11.3. The molecule has 0 aliphatic carbocycles. The van der Waals surface area contributed by atoms with Crippen molar-refractivity contribution in [2.45, 2.75) is 30.7 Å². The van der Waals surface area contributed by atoms with Crippen LogP contribution in [0, 0.1) is 0 Å². The molecule has 2 fully saturated rings. The maximum atomic E-state index is 13.0. The van der Waals surface area contributed by atoms with Gasteiger partial charge in [0.1, 0.15) is 4.90 Å². The maximum absolute atomic E-state index is 13.0. The van der Waals surface area contributed by atoms with Crippen LogP contribution in [0.1, 0.15) is 35.2 Å². The molecule has 3 aliphatic heterocycles. The van der Waals surface area contributed by atoms with E-state index in [-0.39, 0.29) is 28.1 Å². The Morgan fingerprint density at radius 2 is 1.54 bits per heavy atom. The van der Waals surface area contributed by atoms with E-state index >= 15 is 0 Å². The van der Waals surface area contributed by atoms with Crippen LogP contribution in [0.5, 0.6) is 0 Å². The van der Waals surface area contributed by atoms with Gasteiger partial charge in [0.15, 0.2) is 0 Å². The fraction of sp³-hybridized carbons (Fsp3) is 0.417. The zero-order chi connectivity index (χ0) is 24.6. The molecule has 11 heteroatoms. The predicted molar refractivity (Wildman–Crippen MR) is 133 cm³/mol. The average molecular weight is 518 g/mol.